The Bertz CT molecular complexity index is 7260. The third-order valence-corrected chi connectivity index (χ3v) is 24.4. The number of hydrogen-bond donors (Lipinski definition) is 0. The molecule has 664 valence electrons. The lowest BCUT2D eigenvalue weighted by Gasteiger charge is -2.12. The van der Waals surface area contributed by atoms with Gasteiger partial charge in [0.15, 0.2) is 17.5 Å². The summed E-state index contributed by atoms with van der Waals surface area (Å²) in [6.45, 7) is 10.5. The number of aromatic nitrogens is 11. The van der Waals surface area contributed by atoms with E-state index >= 15 is 0 Å². The molecule has 7 aromatic heterocycles. The van der Waals surface area contributed by atoms with Gasteiger partial charge in [0.2, 0.25) is 11.9 Å². The Morgan fingerprint density at radius 1 is 0.129 bits per heavy atom. The Morgan fingerprint density at radius 3 is 0.633 bits per heavy atom. The van der Waals surface area contributed by atoms with Gasteiger partial charge in [0.05, 0.1) is 67.6 Å². The lowest BCUT2D eigenvalue weighted by Crippen LogP contribution is -2.10. The zero-order valence-electron chi connectivity index (χ0n) is 77.8. The molecule has 0 bridgehead atoms. The normalized spacial score (nSPS) is 10.9. The first-order valence-electron chi connectivity index (χ1n) is 46.8. The topological polar surface area (TPSA) is 126 Å². The van der Waals surface area contributed by atoms with Crippen molar-refractivity contribution >= 4 is 43.6 Å². The summed E-state index contributed by atoms with van der Waals surface area (Å²) in [7, 11) is 0. The van der Waals surface area contributed by atoms with Crippen LogP contribution in [0.2, 0.25) is 0 Å². The molecule has 0 saturated heterocycles. The summed E-state index contributed by atoms with van der Waals surface area (Å²) in [6, 6.07) is 171. The van der Waals surface area contributed by atoms with Crippen molar-refractivity contribution in [3.05, 3.63) is 525 Å². The van der Waals surface area contributed by atoms with Crippen LogP contribution in [0.25, 0.3) is 202 Å². The highest BCUT2D eigenvalue weighted by molar-refractivity contribution is 6.10. The van der Waals surface area contributed by atoms with Gasteiger partial charge in [0.25, 0.3) is 0 Å². The summed E-state index contributed by atoms with van der Waals surface area (Å²) in [5.41, 5.74) is 34.8. The number of nitrogens with zero attached hydrogens (tertiary/aromatic N) is 11. The van der Waals surface area contributed by atoms with Gasteiger partial charge >= 0.3 is 0 Å². The standard InChI is InChI=1S/C34H23N5.2C24H19N.2C23H18N2/c1-22-11-10-12-23(21-22)32-35-33(38-28-17-6-2-13-24(28)25-14-3-7-18-29(25)38)37-34(36-32)39-30-19-8-4-15-26(30)27-16-5-9-20-31(27)39;1-18-9-8-14-21(15-18)22-16-23(19-10-4-2-5-11-19)25-24(17-22)20-12-6-3-7-13-20;1-18-9-8-14-21(15-18)24-17-22(19-10-4-2-5-11-19)16-23(25-24)20-12-6-3-7-13-20;1-17-9-8-14-20(15-17)22-16-21(18-10-4-2-5-11-18)24-23(25-22)19-12-6-3-7-13-19;1-17-9-8-14-20(15-17)23-24-21(18-10-4-2-5-11-18)16-22(25-23)19-12-6-3-7-13-19/h2-21H,1H3;2*2-17H,1H3;2*2-16H,1H3. The summed E-state index contributed by atoms with van der Waals surface area (Å²) >= 11 is 0. The fraction of sp³-hybridized carbons (Fsp3) is 0.0391. The Morgan fingerprint density at radius 2 is 0.331 bits per heavy atom. The second-order valence-electron chi connectivity index (χ2n) is 34.5. The molecule has 0 N–H and O–H groups in total. The van der Waals surface area contributed by atoms with Crippen LogP contribution in [0.5, 0.6) is 0 Å². The van der Waals surface area contributed by atoms with Crippen LogP contribution in [-0.4, -0.2) is 54.0 Å². The van der Waals surface area contributed by atoms with E-state index < -0.39 is 0 Å². The third-order valence-electron chi connectivity index (χ3n) is 24.4. The number of aryl methyl sites for hydroxylation is 5. The SMILES string of the molecule is Cc1cccc(-c2cc(-c3ccccc3)cc(-c3ccccc3)n2)c1.Cc1cccc(-c2cc(-c3ccccc3)nc(-c3ccccc3)c2)c1.Cc1cccc(-c2cc(-c3ccccc3)nc(-c3ccccc3)n2)c1.Cc1cccc(-c2nc(-c3ccccc3)cc(-c3ccccc3)n2)c1.Cc1cccc(-c2nc(-n3c4ccccc4c4ccccc43)nc(-n3c4ccccc4c4ccccc43)n2)c1. The number of fused-ring (bicyclic) bond motifs is 6. The molecule has 0 fully saturated rings. The highest BCUT2D eigenvalue weighted by atomic mass is 15.3. The molecule has 0 radical (unpaired) electrons. The molecule has 0 aliphatic heterocycles. The predicted octanol–water partition coefficient (Wildman–Crippen LogP) is 32.4. The number of hydrogen-bond acceptors (Lipinski definition) is 9. The van der Waals surface area contributed by atoms with Crippen molar-refractivity contribution in [2.75, 3.05) is 0 Å². The Hall–Kier alpha value is -18.2. The molecule has 24 aromatic rings. The van der Waals surface area contributed by atoms with Crippen molar-refractivity contribution in [3.63, 3.8) is 0 Å². The Labute approximate surface area is 810 Å². The minimum Gasteiger partial charge on any atom is -0.278 e. The van der Waals surface area contributed by atoms with Gasteiger partial charge in [-0.25, -0.2) is 29.9 Å². The van der Waals surface area contributed by atoms with Crippen LogP contribution in [0.1, 0.15) is 27.8 Å². The highest BCUT2D eigenvalue weighted by Gasteiger charge is 2.23. The highest BCUT2D eigenvalue weighted by Crippen LogP contribution is 2.39. The van der Waals surface area contributed by atoms with Gasteiger partial charge in [-0.15, -0.1) is 0 Å². The summed E-state index contributed by atoms with van der Waals surface area (Å²) in [5.74, 6) is 3.33. The lowest BCUT2D eigenvalue weighted by molar-refractivity contribution is 0.892. The van der Waals surface area contributed by atoms with Crippen LogP contribution in [-0.2, 0) is 0 Å². The molecule has 11 heteroatoms. The molecule has 0 saturated carbocycles. The van der Waals surface area contributed by atoms with Crippen LogP contribution in [0, 0.1) is 34.6 Å². The largest absolute Gasteiger partial charge is 0.278 e. The minimum atomic E-state index is 0.593. The average Bonchev–Trinajstić information content (AvgIpc) is 1.58. The van der Waals surface area contributed by atoms with Crippen LogP contribution in [0.15, 0.2) is 497 Å². The number of para-hydroxylation sites is 4. The van der Waals surface area contributed by atoms with Crippen LogP contribution >= 0.6 is 0 Å². The predicted molar refractivity (Wildman–Crippen MR) is 575 cm³/mol. The maximum absolute atomic E-state index is 5.17. The van der Waals surface area contributed by atoms with Gasteiger partial charge in [-0.2, -0.15) is 15.0 Å². The van der Waals surface area contributed by atoms with Gasteiger partial charge < -0.3 is 0 Å². The Balaban J connectivity index is 0.000000109. The van der Waals surface area contributed by atoms with Crippen LogP contribution in [0.4, 0.5) is 0 Å². The minimum absolute atomic E-state index is 0.593. The van der Waals surface area contributed by atoms with Gasteiger partial charge in [0, 0.05) is 82.7 Å². The second kappa shape index (κ2) is 41.5. The van der Waals surface area contributed by atoms with E-state index in [2.05, 4.69) is 426 Å². The van der Waals surface area contributed by atoms with Crippen LogP contribution < -0.4 is 0 Å². The zero-order chi connectivity index (χ0) is 94.2. The first-order valence-corrected chi connectivity index (χ1v) is 46.8. The summed E-state index contributed by atoms with van der Waals surface area (Å²) in [6.07, 6.45) is 0. The van der Waals surface area contributed by atoms with E-state index in [9.17, 15) is 0 Å². The number of benzene rings is 17. The van der Waals surface area contributed by atoms with E-state index in [-0.39, 0.29) is 0 Å². The van der Waals surface area contributed by atoms with Crippen molar-refractivity contribution in [3.8, 4) is 158 Å². The first kappa shape index (κ1) is 88.7. The molecule has 7 heterocycles. The zero-order valence-corrected chi connectivity index (χ0v) is 77.8. The maximum Gasteiger partial charge on any atom is 0.240 e. The smallest absolute Gasteiger partial charge is 0.240 e. The molecule has 11 nitrogen and oxygen atoms in total. The molecule has 139 heavy (non-hydrogen) atoms. The van der Waals surface area contributed by atoms with E-state index in [1.807, 2.05) is 115 Å². The summed E-state index contributed by atoms with van der Waals surface area (Å²) in [5, 5.41) is 4.68. The molecular weight excluding hydrogens is 1690 g/mol. The van der Waals surface area contributed by atoms with E-state index in [1.54, 1.807) is 0 Å². The quantitative estimate of drug-likeness (QED) is 0.0986. The van der Waals surface area contributed by atoms with Gasteiger partial charge in [-0.3, -0.25) is 9.13 Å². The van der Waals surface area contributed by atoms with Gasteiger partial charge in [-0.1, -0.05) is 440 Å². The monoisotopic (exact) mass is 1790 g/mol. The molecule has 0 spiro atoms. The summed E-state index contributed by atoms with van der Waals surface area (Å²) in [4.78, 5) is 44.5. The van der Waals surface area contributed by atoms with E-state index in [0.29, 0.717) is 17.7 Å². The summed E-state index contributed by atoms with van der Waals surface area (Å²) < 4.78 is 4.31. The van der Waals surface area contributed by atoms with Crippen molar-refractivity contribution in [2.45, 2.75) is 34.6 Å². The van der Waals surface area contributed by atoms with Crippen molar-refractivity contribution in [2.24, 2.45) is 0 Å². The fourth-order valence-electron chi connectivity index (χ4n) is 17.6. The van der Waals surface area contributed by atoms with Crippen LogP contribution in [0.3, 0.4) is 0 Å². The number of rotatable bonds is 15. The lowest BCUT2D eigenvalue weighted by atomic mass is 9.99. The van der Waals surface area contributed by atoms with Crippen molar-refractivity contribution in [1.82, 2.24) is 54.0 Å². The Kier molecular flexibility index (Phi) is 26.5. The molecule has 24 rings (SSSR count). The average molecular weight is 1790 g/mol. The first-order chi connectivity index (χ1) is 68.4. The molecule has 0 amide bonds. The van der Waals surface area contributed by atoms with Crippen molar-refractivity contribution < 1.29 is 0 Å². The fourth-order valence-corrected chi connectivity index (χ4v) is 17.6. The molecule has 0 unspecified atom stereocenters. The van der Waals surface area contributed by atoms with Crippen molar-refractivity contribution in [1.29, 1.82) is 0 Å². The van der Waals surface area contributed by atoms with E-state index in [4.69, 9.17) is 44.9 Å². The molecule has 0 aliphatic carbocycles. The molecule has 17 aromatic carbocycles. The van der Waals surface area contributed by atoms with Gasteiger partial charge in [0.1, 0.15) is 0 Å². The molecule has 0 aliphatic rings. The molecular formula is C128H97N11. The number of pyridine rings is 2. The maximum atomic E-state index is 5.17. The third kappa shape index (κ3) is 20.6. The van der Waals surface area contributed by atoms with E-state index in [1.165, 1.54) is 66.1 Å². The second-order valence-corrected chi connectivity index (χ2v) is 34.5. The van der Waals surface area contributed by atoms with Gasteiger partial charge in [-0.05, 0) is 142 Å². The van der Waals surface area contributed by atoms with E-state index in [0.717, 1.165) is 146 Å². The molecule has 0 atom stereocenters.